The molecule has 2 atom stereocenters. The van der Waals surface area contributed by atoms with Crippen molar-refractivity contribution in [1.82, 2.24) is 9.97 Å². The number of anilines is 1. The van der Waals surface area contributed by atoms with Gasteiger partial charge in [-0.3, -0.25) is 4.98 Å². The Bertz CT molecular complexity index is 1480. The number of halogens is 8. The number of fused-ring (bicyclic) bond motifs is 3. The van der Waals surface area contributed by atoms with Crippen molar-refractivity contribution in [1.29, 1.82) is 0 Å². The van der Waals surface area contributed by atoms with E-state index in [9.17, 15) is 43.5 Å². The summed E-state index contributed by atoms with van der Waals surface area (Å²) in [5.74, 6) is -0.376. The molecule has 0 amide bonds. The first-order chi connectivity index (χ1) is 18.1. The fourth-order valence-electron chi connectivity index (χ4n) is 5.77. The van der Waals surface area contributed by atoms with E-state index in [-0.39, 0.29) is 41.8 Å². The molecule has 2 aliphatic rings. The maximum Gasteiger partial charge on any atom is 0.435 e. The van der Waals surface area contributed by atoms with E-state index in [1.54, 1.807) is 4.90 Å². The van der Waals surface area contributed by atoms with E-state index in [2.05, 4.69) is 9.97 Å². The zero-order valence-electron chi connectivity index (χ0n) is 19.8. The average Bonchev–Trinajstić information content (AvgIpc) is 3.29. The molecule has 1 aliphatic heterocycles. The SMILES string of the molecule is O=S(=O)(c1ccc(F)cc1)[C@@]12CCN(c3cnccn3)[C@@H]1CCc1cc(C(F)(C(F)(F)F)C(F)(F)F)ccc12. The molecule has 208 valence electrons. The summed E-state index contributed by atoms with van der Waals surface area (Å²) < 4.78 is 136. The van der Waals surface area contributed by atoms with Crippen molar-refractivity contribution < 1.29 is 43.5 Å². The largest absolute Gasteiger partial charge is 0.435 e. The molecule has 5 nitrogen and oxygen atoms in total. The Morgan fingerprint density at radius 1 is 0.923 bits per heavy atom. The van der Waals surface area contributed by atoms with Crippen LogP contribution in [0.5, 0.6) is 0 Å². The van der Waals surface area contributed by atoms with Crippen LogP contribution in [0.15, 0.2) is 66.0 Å². The van der Waals surface area contributed by atoms with Crippen LogP contribution in [-0.4, -0.2) is 43.3 Å². The maximum absolute atomic E-state index is 14.9. The number of alkyl halides is 7. The monoisotopic (exact) mass is 577 g/mol. The number of hydrogen-bond donors (Lipinski definition) is 0. The zero-order chi connectivity index (χ0) is 28.4. The molecule has 0 radical (unpaired) electrons. The highest BCUT2D eigenvalue weighted by Gasteiger charge is 2.73. The molecule has 5 rings (SSSR count). The summed E-state index contributed by atoms with van der Waals surface area (Å²) in [5.41, 5.74) is -7.52. The Morgan fingerprint density at radius 2 is 1.59 bits per heavy atom. The molecule has 1 fully saturated rings. The molecule has 1 aliphatic carbocycles. The van der Waals surface area contributed by atoms with E-state index >= 15 is 0 Å². The fourth-order valence-corrected chi connectivity index (χ4v) is 8.13. The molecular weight excluding hydrogens is 558 g/mol. The summed E-state index contributed by atoms with van der Waals surface area (Å²) >= 11 is 0. The number of rotatable bonds is 4. The highest BCUT2D eigenvalue weighted by molar-refractivity contribution is 7.92. The van der Waals surface area contributed by atoms with Gasteiger partial charge in [0, 0.05) is 24.5 Å². The van der Waals surface area contributed by atoms with Crippen LogP contribution in [0.4, 0.5) is 40.9 Å². The van der Waals surface area contributed by atoms with Crippen molar-refractivity contribution >= 4 is 15.7 Å². The lowest BCUT2D eigenvalue weighted by molar-refractivity contribution is -0.348. The van der Waals surface area contributed by atoms with Gasteiger partial charge in [0.25, 0.3) is 0 Å². The molecule has 1 saturated heterocycles. The van der Waals surface area contributed by atoms with Gasteiger partial charge in [-0.1, -0.05) is 18.2 Å². The molecule has 39 heavy (non-hydrogen) atoms. The van der Waals surface area contributed by atoms with Gasteiger partial charge in [0.05, 0.1) is 17.1 Å². The Balaban J connectivity index is 1.73. The molecular formula is C25H19F8N3O2S. The van der Waals surface area contributed by atoms with E-state index in [0.717, 1.165) is 30.3 Å². The molecule has 1 aromatic heterocycles. The van der Waals surface area contributed by atoms with Crippen LogP contribution in [0.2, 0.25) is 0 Å². The predicted octanol–water partition coefficient (Wildman–Crippen LogP) is 5.80. The normalized spacial score (nSPS) is 21.9. The first-order valence-corrected chi connectivity index (χ1v) is 13.1. The lowest BCUT2D eigenvalue weighted by Crippen LogP contribution is -2.52. The standard InChI is InChI=1S/C25H19F8N3O2S/c26-17-3-5-18(6-4-17)39(37,38)22-9-12-36(21-14-34-10-11-35-21)20(22)8-1-15-13-16(2-7-19(15)22)23(27,24(28,29)30)25(31,32)33/h2-7,10-11,13-14,20H,1,8-9,12H2/t20-,22-/m1/s1. The Hall–Kier alpha value is -3.29. The molecule has 3 aromatic rings. The number of sulfone groups is 1. The van der Waals surface area contributed by atoms with E-state index in [4.69, 9.17) is 0 Å². The first-order valence-electron chi connectivity index (χ1n) is 11.6. The van der Waals surface area contributed by atoms with Gasteiger partial charge in [0.1, 0.15) is 16.4 Å². The first kappa shape index (κ1) is 27.3. The van der Waals surface area contributed by atoms with E-state index < -0.39 is 50.0 Å². The molecule has 0 bridgehead atoms. The third-order valence-corrected chi connectivity index (χ3v) is 10.1. The van der Waals surface area contributed by atoms with E-state index in [1.165, 1.54) is 18.6 Å². The van der Waals surface area contributed by atoms with Gasteiger partial charge in [-0.25, -0.2) is 22.2 Å². The van der Waals surface area contributed by atoms with Crippen LogP contribution in [0.3, 0.4) is 0 Å². The minimum absolute atomic E-state index is 0.00915. The summed E-state index contributed by atoms with van der Waals surface area (Å²) in [6.45, 7) is 0.114. The molecule has 0 saturated carbocycles. The fraction of sp³-hybridized carbons (Fsp3) is 0.360. The van der Waals surface area contributed by atoms with Gasteiger partial charge in [0.15, 0.2) is 9.84 Å². The molecule has 2 aromatic carbocycles. The van der Waals surface area contributed by atoms with Gasteiger partial charge in [0.2, 0.25) is 0 Å². The Kier molecular flexibility index (Phi) is 6.20. The summed E-state index contributed by atoms with van der Waals surface area (Å²) in [6.07, 6.45) is -8.67. The van der Waals surface area contributed by atoms with Crippen LogP contribution in [0.1, 0.15) is 29.5 Å². The highest BCUT2D eigenvalue weighted by Crippen LogP contribution is 2.57. The Labute approximate surface area is 217 Å². The summed E-state index contributed by atoms with van der Waals surface area (Å²) in [5, 5.41) is 0. The van der Waals surface area contributed by atoms with Gasteiger partial charge in [-0.2, -0.15) is 26.3 Å². The lowest BCUT2D eigenvalue weighted by atomic mass is 9.77. The lowest BCUT2D eigenvalue weighted by Gasteiger charge is -2.43. The average molecular weight is 577 g/mol. The third kappa shape index (κ3) is 3.89. The highest BCUT2D eigenvalue weighted by atomic mass is 32.2. The molecule has 14 heteroatoms. The maximum atomic E-state index is 14.9. The van der Waals surface area contributed by atoms with Gasteiger partial charge < -0.3 is 4.90 Å². The number of hydrogen-bond acceptors (Lipinski definition) is 5. The van der Waals surface area contributed by atoms with Crippen molar-refractivity contribution in [2.24, 2.45) is 0 Å². The third-order valence-electron chi connectivity index (χ3n) is 7.51. The van der Waals surface area contributed by atoms with E-state index in [0.29, 0.717) is 18.0 Å². The number of aryl methyl sites for hydroxylation is 1. The summed E-state index contributed by atoms with van der Waals surface area (Å²) in [6, 6.07) is 4.75. The van der Waals surface area contributed by atoms with Gasteiger partial charge in [-0.05, 0) is 54.7 Å². The molecule has 0 N–H and O–H groups in total. The summed E-state index contributed by atoms with van der Waals surface area (Å²) in [7, 11) is -4.43. The van der Waals surface area contributed by atoms with Crippen LogP contribution >= 0.6 is 0 Å². The van der Waals surface area contributed by atoms with Crippen molar-refractivity contribution in [2.45, 2.75) is 53.0 Å². The second-order valence-corrected chi connectivity index (χ2v) is 11.6. The van der Waals surface area contributed by atoms with Crippen molar-refractivity contribution in [3.05, 3.63) is 83.6 Å². The van der Waals surface area contributed by atoms with Crippen LogP contribution in [0, 0.1) is 5.82 Å². The van der Waals surface area contributed by atoms with Crippen molar-refractivity contribution in [3.63, 3.8) is 0 Å². The summed E-state index contributed by atoms with van der Waals surface area (Å²) in [4.78, 5) is 9.62. The molecule has 0 unspecified atom stereocenters. The second kappa shape index (κ2) is 8.86. The number of aromatic nitrogens is 2. The predicted molar refractivity (Wildman–Crippen MR) is 123 cm³/mol. The van der Waals surface area contributed by atoms with E-state index in [1.807, 2.05) is 0 Å². The van der Waals surface area contributed by atoms with Crippen molar-refractivity contribution in [3.8, 4) is 0 Å². The number of benzene rings is 2. The quantitative estimate of drug-likeness (QED) is 0.290. The van der Waals surface area contributed by atoms with Crippen LogP contribution in [-0.2, 0) is 26.7 Å². The zero-order valence-corrected chi connectivity index (χ0v) is 20.6. The number of nitrogens with zero attached hydrogens (tertiary/aromatic N) is 3. The van der Waals surface area contributed by atoms with Gasteiger partial charge >= 0.3 is 18.0 Å². The van der Waals surface area contributed by atoms with Gasteiger partial charge in [-0.15, -0.1) is 0 Å². The molecule has 2 heterocycles. The van der Waals surface area contributed by atoms with Crippen LogP contribution in [0.25, 0.3) is 0 Å². The smallest absolute Gasteiger partial charge is 0.350 e. The van der Waals surface area contributed by atoms with Crippen molar-refractivity contribution in [2.75, 3.05) is 11.4 Å². The second-order valence-electron chi connectivity index (χ2n) is 9.43. The van der Waals surface area contributed by atoms with Crippen LogP contribution < -0.4 is 4.90 Å². The minimum Gasteiger partial charge on any atom is -0.350 e. The Morgan fingerprint density at radius 3 is 2.18 bits per heavy atom. The topological polar surface area (TPSA) is 63.2 Å². The molecule has 0 spiro atoms. The minimum atomic E-state index is -6.31.